The Labute approximate surface area is 103 Å². The third-order valence-corrected chi connectivity index (χ3v) is 3.62. The van der Waals surface area contributed by atoms with Crippen LogP contribution in [0, 0.1) is 0 Å². The molecule has 0 saturated carbocycles. The fraction of sp³-hybridized carbons (Fsp3) is 0.0769. The largest absolute Gasteiger partial charge is 0.325 e. The van der Waals surface area contributed by atoms with Crippen LogP contribution in [0.25, 0.3) is 11.3 Å². The lowest BCUT2D eigenvalue weighted by Gasteiger charge is -2.05. The Kier molecular flexibility index (Phi) is 2.49. The van der Waals surface area contributed by atoms with Gasteiger partial charge in [-0.1, -0.05) is 6.07 Å². The van der Waals surface area contributed by atoms with Gasteiger partial charge in [0.2, 0.25) is 5.91 Å². The molecule has 0 aliphatic carbocycles. The molecule has 3 nitrogen and oxygen atoms in total. The number of hydrogen-bond acceptors (Lipinski definition) is 3. The summed E-state index contributed by atoms with van der Waals surface area (Å²) < 4.78 is 0. The highest BCUT2D eigenvalue weighted by Crippen LogP contribution is 2.33. The summed E-state index contributed by atoms with van der Waals surface area (Å²) in [5.41, 5.74) is 3.00. The molecule has 0 bridgehead atoms. The highest BCUT2D eigenvalue weighted by molar-refractivity contribution is 7.11. The second kappa shape index (κ2) is 4.14. The van der Waals surface area contributed by atoms with Crippen LogP contribution < -0.4 is 5.32 Å². The Morgan fingerprint density at radius 1 is 1.24 bits per heavy atom. The first-order chi connectivity index (χ1) is 8.34. The number of amides is 1. The molecule has 17 heavy (non-hydrogen) atoms. The average Bonchev–Trinajstić information content (AvgIpc) is 2.98. The van der Waals surface area contributed by atoms with Gasteiger partial charge < -0.3 is 5.32 Å². The van der Waals surface area contributed by atoms with E-state index >= 15 is 0 Å². The summed E-state index contributed by atoms with van der Waals surface area (Å²) in [6, 6.07) is 7.87. The first kappa shape index (κ1) is 10.2. The molecular weight excluding hydrogens is 232 g/mol. The lowest BCUT2D eigenvalue weighted by atomic mass is 10.1. The molecule has 3 heterocycles. The van der Waals surface area contributed by atoms with Crippen LogP contribution in [0.1, 0.15) is 16.9 Å². The molecule has 1 aliphatic heterocycles. The van der Waals surface area contributed by atoms with Gasteiger partial charge in [0.15, 0.2) is 0 Å². The molecule has 1 aliphatic rings. The fourth-order valence-electron chi connectivity index (χ4n) is 1.93. The van der Waals surface area contributed by atoms with E-state index in [1.807, 2.05) is 29.6 Å². The summed E-state index contributed by atoms with van der Waals surface area (Å²) in [4.78, 5) is 16.7. The minimum Gasteiger partial charge on any atom is -0.325 e. The lowest BCUT2D eigenvalue weighted by molar-refractivity contribution is -0.118. The third-order valence-electron chi connectivity index (χ3n) is 2.69. The maximum atomic E-state index is 11.6. The van der Waals surface area contributed by atoms with Crippen LogP contribution in [0.15, 0.2) is 42.0 Å². The highest BCUT2D eigenvalue weighted by atomic mass is 32.1. The molecule has 0 fully saturated rings. The van der Waals surface area contributed by atoms with E-state index in [1.165, 1.54) is 0 Å². The standard InChI is InChI=1S/C13H10N2OS/c16-12-8-10(11-2-1-7-17-11)13(15-12)9-3-5-14-6-4-9/h1-7H,8H2,(H,15,16). The normalized spacial score (nSPS) is 15.2. The topological polar surface area (TPSA) is 42.0 Å². The molecule has 0 aromatic carbocycles. The monoisotopic (exact) mass is 242 g/mol. The van der Waals surface area contributed by atoms with Crippen molar-refractivity contribution >= 4 is 28.5 Å². The third kappa shape index (κ3) is 1.87. The van der Waals surface area contributed by atoms with Gasteiger partial charge in [-0.05, 0) is 23.6 Å². The highest BCUT2D eigenvalue weighted by Gasteiger charge is 2.23. The maximum absolute atomic E-state index is 11.6. The van der Waals surface area contributed by atoms with Gasteiger partial charge >= 0.3 is 0 Å². The quantitative estimate of drug-likeness (QED) is 0.879. The summed E-state index contributed by atoms with van der Waals surface area (Å²) in [7, 11) is 0. The molecule has 0 radical (unpaired) electrons. The molecular formula is C13H10N2OS. The number of aromatic nitrogens is 1. The summed E-state index contributed by atoms with van der Waals surface area (Å²) >= 11 is 1.65. The van der Waals surface area contributed by atoms with Gasteiger partial charge in [-0.3, -0.25) is 9.78 Å². The zero-order chi connectivity index (χ0) is 11.7. The van der Waals surface area contributed by atoms with Crippen molar-refractivity contribution in [2.24, 2.45) is 0 Å². The van der Waals surface area contributed by atoms with Crippen molar-refractivity contribution in [1.82, 2.24) is 10.3 Å². The van der Waals surface area contributed by atoms with E-state index in [9.17, 15) is 4.79 Å². The minimum atomic E-state index is 0.0558. The van der Waals surface area contributed by atoms with Crippen molar-refractivity contribution in [1.29, 1.82) is 0 Å². The van der Waals surface area contributed by atoms with Crippen molar-refractivity contribution in [3.8, 4) is 0 Å². The number of hydrogen-bond donors (Lipinski definition) is 1. The second-order valence-corrected chi connectivity index (χ2v) is 4.74. The van der Waals surface area contributed by atoms with Crippen LogP contribution in [0.3, 0.4) is 0 Å². The zero-order valence-corrected chi connectivity index (χ0v) is 9.83. The second-order valence-electron chi connectivity index (χ2n) is 3.79. The predicted octanol–water partition coefficient (Wildman–Crippen LogP) is 2.53. The minimum absolute atomic E-state index is 0.0558. The molecule has 2 aromatic rings. The Morgan fingerprint density at radius 3 is 2.76 bits per heavy atom. The Morgan fingerprint density at radius 2 is 2.06 bits per heavy atom. The summed E-state index contributed by atoms with van der Waals surface area (Å²) in [6.07, 6.45) is 3.93. The summed E-state index contributed by atoms with van der Waals surface area (Å²) in [6.45, 7) is 0. The Bertz CT molecular complexity index is 573. The molecule has 3 rings (SSSR count). The fourth-order valence-corrected chi connectivity index (χ4v) is 2.71. The summed E-state index contributed by atoms with van der Waals surface area (Å²) in [5, 5.41) is 4.95. The number of thiophene rings is 1. The van der Waals surface area contributed by atoms with Gasteiger partial charge in [-0.15, -0.1) is 11.3 Å². The van der Waals surface area contributed by atoms with Crippen LogP contribution in [-0.4, -0.2) is 10.9 Å². The van der Waals surface area contributed by atoms with E-state index in [0.717, 1.165) is 21.7 Å². The van der Waals surface area contributed by atoms with E-state index in [-0.39, 0.29) is 5.91 Å². The van der Waals surface area contributed by atoms with Gasteiger partial charge in [-0.25, -0.2) is 0 Å². The van der Waals surface area contributed by atoms with Gasteiger partial charge in [0.1, 0.15) is 0 Å². The molecule has 2 aromatic heterocycles. The van der Waals surface area contributed by atoms with Gasteiger partial charge in [0.05, 0.1) is 12.1 Å². The van der Waals surface area contributed by atoms with Crippen LogP contribution >= 0.6 is 11.3 Å². The number of nitrogens with one attached hydrogen (secondary N) is 1. The van der Waals surface area contributed by atoms with Crippen molar-refractivity contribution in [2.75, 3.05) is 0 Å². The summed E-state index contributed by atoms with van der Waals surface area (Å²) in [5.74, 6) is 0.0558. The smallest absolute Gasteiger partial charge is 0.228 e. The first-order valence-corrected chi connectivity index (χ1v) is 6.20. The predicted molar refractivity (Wildman–Crippen MR) is 68.1 cm³/mol. The molecule has 0 unspecified atom stereocenters. The Hall–Kier alpha value is -1.94. The van der Waals surface area contributed by atoms with Crippen molar-refractivity contribution in [3.05, 3.63) is 52.5 Å². The average molecular weight is 242 g/mol. The van der Waals surface area contributed by atoms with Crippen LogP contribution in [0.5, 0.6) is 0 Å². The van der Waals surface area contributed by atoms with E-state index in [1.54, 1.807) is 23.7 Å². The number of pyridine rings is 1. The van der Waals surface area contributed by atoms with Crippen molar-refractivity contribution in [3.63, 3.8) is 0 Å². The lowest BCUT2D eigenvalue weighted by Crippen LogP contribution is -2.14. The maximum Gasteiger partial charge on any atom is 0.228 e. The van der Waals surface area contributed by atoms with Gasteiger partial charge in [0.25, 0.3) is 0 Å². The van der Waals surface area contributed by atoms with Crippen molar-refractivity contribution < 1.29 is 4.79 Å². The molecule has 0 atom stereocenters. The van der Waals surface area contributed by atoms with Gasteiger partial charge in [-0.2, -0.15) is 0 Å². The van der Waals surface area contributed by atoms with Gasteiger partial charge in [0, 0.05) is 28.4 Å². The molecule has 0 saturated heterocycles. The molecule has 0 spiro atoms. The van der Waals surface area contributed by atoms with E-state index in [0.29, 0.717) is 6.42 Å². The number of carbonyl (C=O) groups excluding carboxylic acids is 1. The van der Waals surface area contributed by atoms with E-state index in [2.05, 4.69) is 10.3 Å². The molecule has 4 heteroatoms. The van der Waals surface area contributed by atoms with Crippen LogP contribution in [0.4, 0.5) is 0 Å². The first-order valence-electron chi connectivity index (χ1n) is 5.32. The van der Waals surface area contributed by atoms with Crippen LogP contribution in [0.2, 0.25) is 0 Å². The van der Waals surface area contributed by atoms with Crippen molar-refractivity contribution in [2.45, 2.75) is 6.42 Å². The zero-order valence-electron chi connectivity index (χ0n) is 9.01. The SMILES string of the molecule is O=C1CC(c2cccs2)=C(c2ccncc2)N1. The number of rotatable bonds is 2. The number of nitrogens with zero attached hydrogens (tertiary/aromatic N) is 1. The molecule has 1 N–H and O–H groups in total. The van der Waals surface area contributed by atoms with E-state index < -0.39 is 0 Å². The number of carbonyl (C=O) groups is 1. The molecule has 84 valence electrons. The van der Waals surface area contributed by atoms with Crippen LogP contribution in [-0.2, 0) is 4.79 Å². The van der Waals surface area contributed by atoms with E-state index in [4.69, 9.17) is 0 Å². The molecule has 1 amide bonds. The Balaban J connectivity index is 2.11.